The number of likely N-dealkylation sites (tertiary alicyclic amines) is 1. The lowest BCUT2D eigenvalue weighted by Crippen LogP contribution is -2.35. The summed E-state index contributed by atoms with van der Waals surface area (Å²) in [5.41, 5.74) is 1.52. The van der Waals surface area contributed by atoms with E-state index in [0.717, 1.165) is 6.42 Å². The molecular weight excluding hydrogens is 304 g/mol. The van der Waals surface area contributed by atoms with Gasteiger partial charge in [-0.05, 0) is 18.3 Å². The van der Waals surface area contributed by atoms with E-state index in [4.69, 9.17) is 0 Å². The van der Waals surface area contributed by atoms with Crippen LogP contribution in [0.25, 0.3) is 0 Å². The highest BCUT2D eigenvalue weighted by molar-refractivity contribution is 7.13. The fourth-order valence-electron chi connectivity index (χ4n) is 3.81. The van der Waals surface area contributed by atoms with Crippen LogP contribution >= 0.6 is 11.3 Å². The molecule has 2 aliphatic carbocycles. The van der Waals surface area contributed by atoms with E-state index < -0.39 is 0 Å². The molecule has 1 aromatic rings. The Bertz CT molecular complexity index is 642. The van der Waals surface area contributed by atoms with Gasteiger partial charge in [0.05, 0.1) is 11.8 Å². The quantitative estimate of drug-likeness (QED) is 0.651. The third kappa shape index (κ3) is 1.98. The summed E-state index contributed by atoms with van der Waals surface area (Å²) >= 11 is 1.22. The Morgan fingerprint density at radius 1 is 1.27 bits per heavy atom. The van der Waals surface area contributed by atoms with Crippen LogP contribution in [0.3, 0.4) is 0 Å². The van der Waals surface area contributed by atoms with Crippen molar-refractivity contribution in [1.82, 2.24) is 15.1 Å². The number of imide groups is 1. The predicted octanol–water partition coefficient (Wildman–Crippen LogP) is 0.674. The van der Waals surface area contributed by atoms with Crippen LogP contribution in [-0.4, -0.2) is 39.4 Å². The molecule has 1 aromatic heterocycles. The molecule has 1 aliphatic heterocycles. The lowest BCUT2D eigenvalue weighted by molar-refractivity contribution is -0.140. The van der Waals surface area contributed by atoms with E-state index in [1.54, 1.807) is 0 Å². The van der Waals surface area contributed by atoms with E-state index in [9.17, 15) is 14.4 Å². The van der Waals surface area contributed by atoms with Gasteiger partial charge in [0.1, 0.15) is 5.51 Å². The molecule has 3 aliphatic rings. The molecule has 114 valence electrons. The Kier molecular flexibility index (Phi) is 3.07. The second kappa shape index (κ2) is 4.98. The highest BCUT2D eigenvalue weighted by atomic mass is 32.1. The molecule has 2 fully saturated rings. The number of carbonyl (C=O) groups excluding carboxylic acids is 3. The average Bonchev–Trinajstić information content (AvgIpc) is 3.24. The van der Waals surface area contributed by atoms with E-state index in [1.165, 1.54) is 21.7 Å². The second-order valence-electron chi connectivity index (χ2n) is 5.87. The minimum atomic E-state index is -0.268. The molecule has 1 N–H and O–H groups in total. The number of rotatable bonds is 4. The Morgan fingerprint density at radius 3 is 2.55 bits per heavy atom. The second-order valence-corrected chi connectivity index (χ2v) is 6.70. The van der Waals surface area contributed by atoms with Gasteiger partial charge < -0.3 is 5.32 Å². The van der Waals surface area contributed by atoms with Gasteiger partial charge in [-0.25, -0.2) is 0 Å². The van der Waals surface area contributed by atoms with Crippen molar-refractivity contribution in [2.45, 2.75) is 12.8 Å². The fourth-order valence-corrected chi connectivity index (χ4v) is 4.27. The standard InChI is InChI=1S/C14H14N4O3S/c19-9(16-14-17-15-6-22-14)3-4-18-12(20)10-7-1-2-8(5-7)11(10)13(18)21/h1-2,6-8,10-11H,3-5H2,(H,16,17,19). The third-order valence-electron chi connectivity index (χ3n) is 4.73. The van der Waals surface area contributed by atoms with Crippen LogP contribution in [-0.2, 0) is 14.4 Å². The van der Waals surface area contributed by atoms with Crippen LogP contribution in [0.1, 0.15) is 12.8 Å². The summed E-state index contributed by atoms with van der Waals surface area (Å²) in [6, 6.07) is 0. The van der Waals surface area contributed by atoms with Crippen molar-refractivity contribution in [3.05, 3.63) is 17.7 Å². The van der Waals surface area contributed by atoms with Crippen LogP contribution in [0, 0.1) is 23.7 Å². The monoisotopic (exact) mass is 318 g/mol. The van der Waals surface area contributed by atoms with Crippen LogP contribution in [0.5, 0.6) is 0 Å². The van der Waals surface area contributed by atoms with Gasteiger partial charge in [0, 0.05) is 13.0 Å². The lowest BCUT2D eigenvalue weighted by atomic mass is 9.85. The molecule has 1 saturated carbocycles. The van der Waals surface area contributed by atoms with E-state index in [1.807, 2.05) is 0 Å². The van der Waals surface area contributed by atoms with Crippen molar-refractivity contribution in [2.75, 3.05) is 11.9 Å². The van der Waals surface area contributed by atoms with Gasteiger partial charge in [-0.1, -0.05) is 23.5 Å². The zero-order chi connectivity index (χ0) is 15.3. The summed E-state index contributed by atoms with van der Waals surface area (Å²) in [5.74, 6) is -0.498. The molecule has 1 saturated heterocycles. The summed E-state index contributed by atoms with van der Waals surface area (Å²) < 4.78 is 0. The van der Waals surface area contributed by atoms with Gasteiger partial charge in [-0.15, -0.1) is 10.2 Å². The van der Waals surface area contributed by atoms with Gasteiger partial charge in [-0.3, -0.25) is 19.3 Å². The van der Waals surface area contributed by atoms with Crippen molar-refractivity contribution in [3.63, 3.8) is 0 Å². The molecule has 3 amide bonds. The number of amides is 3. The number of carbonyl (C=O) groups is 3. The Morgan fingerprint density at radius 2 is 1.95 bits per heavy atom. The maximum absolute atomic E-state index is 12.4. The minimum Gasteiger partial charge on any atom is -0.300 e. The Hall–Kier alpha value is -2.09. The van der Waals surface area contributed by atoms with Gasteiger partial charge in [-0.2, -0.15) is 0 Å². The first kappa shape index (κ1) is 13.6. The number of allylic oxidation sites excluding steroid dienone is 2. The normalized spacial score (nSPS) is 31.9. The van der Waals surface area contributed by atoms with E-state index >= 15 is 0 Å². The van der Waals surface area contributed by atoms with Gasteiger partial charge in [0.15, 0.2) is 0 Å². The minimum absolute atomic E-state index is 0.0826. The molecule has 8 heteroatoms. The number of nitrogens with zero attached hydrogens (tertiary/aromatic N) is 3. The van der Waals surface area contributed by atoms with Crippen LogP contribution in [0.15, 0.2) is 17.7 Å². The first-order valence-corrected chi connectivity index (χ1v) is 8.12. The first-order chi connectivity index (χ1) is 10.6. The van der Waals surface area contributed by atoms with Crippen molar-refractivity contribution >= 4 is 34.2 Å². The summed E-state index contributed by atoms with van der Waals surface area (Å²) in [7, 11) is 0. The number of hydrogen-bond donors (Lipinski definition) is 1. The SMILES string of the molecule is O=C(CCN1C(=O)C2C3C=CC(C3)C2C1=O)Nc1nncs1. The zero-order valence-electron chi connectivity index (χ0n) is 11.6. The molecule has 7 nitrogen and oxygen atoms in total. The van der Waals surface area contributed by atoms with Crippen LogP contribution < -0.4 is 5.32 Å². The third-order valence-corrected chi connectivity index (χ3v) is 5.34. The Labute approximate surface area is 130 Å². The molecule has 2 bridgehead atoms. The van der Waals surface area contributed by atoms with Gasteiger partial charge in [0.25, 0.3) is 0 Å². The molecular formula is C14H14N4O3S. The largest absolute Gasteiger partial charge is 0.300 e. The zero-order valence-corrected chi connectivity index (χ0v) is 12.5. The maximum Gasteiger partial charge on any atom is 0.233 e. The molecule has 0 spiro atoms. The number of fused-ring (bicyclic) bond motifs is 5. The van der Waals surface area contributed by atoms with Crippen molar-refractivity contribution < 1.29 is 14.4 Å². The van der Waals surface area contributed by atoms with Crippen LogP contribution in [0.2, 0.25) is 0 Å². The topological polar surface area (TPSA) is 92.3 Å². The van der Waals surface area contributed by atoms with Crippen LogP contribution in [0.4, 0.5) is 5.13 Å². The average molecular weight is 318 g/mol. The molecule has 4 rings (SSSR count). The maximum atomic E-state index is 12.4. The molecule has 0 aromatic carbocycles. The smallest absolute Gasteiger partial charge is 0.233 e. The highest BCUT2D eigenvalue weighted by Gasteiger charge is 2.58. The number of nitrogens with one attached hydrogen (secondary N) is 1. The molecule has 2 heterocycles. The van der Waals surface area contributed by atoms with Gasteiger partial charge in [0.2, 0.25) is 22.9 Å². The Balaban J connectivity index is 1.39. The van der Waals surface area contributed by atoms with Crippen molar-refractivity contribution in [2.24, 2.45) is 23.7 Å². The molecule has 22 heavy (non-hydrogen) atoms. The summed E-state index contributed by atoms with van der Waals surface area (Å²) in [4.78, 5) is 38.0. The highest BCUT2D eigenvalue weighted by Crippen LogP contribution is 2.52. The van der Waals surface area contributed by atoms with Crippen molar-refractivity contribution in [3.8, 4) is 0 Å². The van der Waals surface area contributed by atoms with E-state index in [-0.39, 0.29) is 54.4 Å². The predicted molar refractivity (Wildman–Crippen MR) is 77.6 cm³/mol. The van der Waals surface area contributed by atoms with E-state index in [2.05, 4.69) is 27.7 Å². The first-order valence-electron chi connectivity index (χ1n) is 7.24. The fraction of sp³-hybridized carbons (Fsp3) is 0.500. The van der Waals surface area contributed by atoms with Gasteiger partial charge >= 0.3 is 0 Å². The molecule has 4 atom stereocenters. The number of anilines is 1. The summed E-state index contributed by atoms with van der Waals surface area (Å²) in [6.45, 7) is 0.134. The van der Waals surface area contributed by atoms with E-state index in [0.29, 0.717) is 5.13 Å². The van der Waals surface area contributed by atoms with Crippen molar-refractivity contribution in [1.29, 1.82) is 0 Å². The number of hydrogen-bond acceptors (Lipinski definition) is 6. The summed E-state index contributed by atoms with van der Waals surface area (Å²) in [5, 5.41) is 10.4. The molecule has 0 radical (unpaired) electrons. The molecule has 4 unspecified atom stereocenters. The summed E-state index contributed by atoms with van der Waals surface area (Å²) in [6.07, 6.45) is 5.11. The number of aromatic nitrogens is 2. The lowest BCUT2D eigenvalue weighted by Gasteiger charge is -2.16.